The highest BCUT2D eigenvalue weighted by molar-refractivity contribution is 7.17. The molecule has 2 atom stereocenters. The Kier molecular flexibility index (Phi) is 5.32. The molecule has 1 N–H and O–H groups in total. The van der Waals surface area contributed by atoms with Gasteiger partial charge in [0.1, 0.15) is 10.6 Å². The number of ketones is 1. The molecule has 0 bridgehead atoms. The Bertz CT molecular complexity index is 1540. The smallest absolute Gasteiger partial charge is 0.265 e. The number of carbonyl (C=O) groups excluding carboxylic acids is 2. The number of benzene rings is 2. The number of hydrogen-bond acceptors (Lipinski definition) is 6. The monoisotopic (exact) mass is 473 g/mol. The molecule has 5 rings (SSSR count). The van der Waals surface area contributed by atoms with E-state index in [1.54, 1.807) is 32.0 Å². The van der Waals surface area contributed by atoms with Gasteiger partial charge < -0.3 is 10.1 Å². The van der Waals surface area contributed by atoms with Crippen LogP contribution in [0.3, 0.4) is 0 Å². The first-order valence-electron chi connectivity index (χ1n) is 11.0. The van der Waals surface area contributed by atoms with Gasteiger partial charge in [-0.1, -0.05) is 23.8 Å². The van der Waals surface area contributed by atoms with Gasteiger partial charge in [-0.05, 0) is 57.0 Å². The second kappa shape index (κ2) is 8.22. The molecule has 0 radical (unpaired) electrons. The molecular formula is C26H23N3O4S. The molecule has 0 aliphatic carbocycles. The normalized spacial score (nSPS) is 16.0. The number of carbonyl (C=O) groups is 2. The van der Waals surface area contributed by atoms with Crippen LogP contribution >= 0.6 is 11.3 Å². The third-order valence-corrected chi connectivity index (χ3v) is 7.07. The number of amides is 1. The quantitative estimate of drug-likeness (QED) is 0.426. The number of aromatic nitrogens is 2. The maximum Gasteiger partial charge on any atom is 0.265 e. The SMILES string of the molecule is Cc1ccc(-c2csc3ncn(C(C)C(=O)c4ccc5c(c4)NC(=O)C(C)O5)c(=O)c23)c(C)c1. The van der Waals surface area contributed by atoms with Gasteiger partial charge in [-0.2, -0.15) is 0 Å². The van der Waals surface area contributed by atoms with Gasteiger partial charge in [-0.15, -0.1) is 11.3 Å². The lowest BCUT2D eigenvalue weighted by molar-refractivity contribution is -0.122. The molecule has 2 unspecified atom stereocenters. The summed E-state index contributed by atoms with van der Waals surface area (Å²) in [4.78, 5) is 43.9. The van der Waals surface area contributed by atoms with E-state index in [0.29, 0.717) is 27.2 Å². The van der Waals surface area contributed by atoms with E-state index in [2.05, 4.69) is 16.4 Å². The van der Waals surface area contributed by atoms with Gasteiger partial charge in [0.2, 0.25) is 0 Å². The molecule has 1 aliphatic rings. The van der Waals surface area contributed by atoms with Gasteiger partial charge >= 0.3 is 0 Å². The van der Waals surface area contributed by atoms with Crippen molar-refractivity contribution in [3.63, 3.8) is 0 Å². The van der Waals surface area contributed by atoms with Crippen LogP contribution in [-0.4, -0.2) is 27.3 Å². The van der Waals surface area contributed by atoms with E-state index in [1.807, 2.05) is 31.4 Å². The summed E-state index contributed by atoms with van der Waals surface area (Å²) < 4.78 is 6.94. The van der Waals surface area contributed by atoms with Crippen molar-refractivity contribution in [1.82, 2.24) is 9.55 Å². The van der Waals surface area contributed by atoms with Crippen LogP contribution in [0.15, 0.2) is 52.9 Å². The average molecular weight is 474 g/mol. The van der Waals surface area contributed by atoms with Crippen molar-refractivity contribution < 1.29 is 14.3 Å². The van der Waals surface area contributed by atoms with Crippen molar-refractivity contribution in [2.24, 2.45) is 0 Å². The molecule has 34 heavy (non-hydrogen) atoms. The first-order chi connectivity index (χ1) is 16.2. The number of hydrogen-bond donors (Lipinski definition) is 1. The summed E-state index contributed by atoms with van der Waals surface area (Å²) in [6.45, 7) is 7.39. The number of aryl methyl sites for hydroxylation is 2. The zero-order valence-electron chi connectivity index (χ0n) is 19.2. The molecule has 1 aliphatic heterocycles. The van der Waals surface area contributed by atoms with Crippen molar-refractivity contribution in [3.05, 3.63) is 75.1 Å². The van der Waals surface area contributed by atoms with Crippen LogP contribution in [0.4, 0.5) is 5.69 Å². The molecule has 0 saturated heterocycles. The summed E-state index contributed by atoms with van der Waals surface area (Å²) in [6, 6.07) is 10.2. The van der Waals surface area contributed by atoms with E-state index in [9.17, 15) is 14.4 Å². The Morgan fingerprint density at radius 1 is 1.15 bits per heavy atom. The molecule has 0 fully saturated rings. The number of fused-ring (bicyclic) bond motifs is 2. The van der Waals surface area contributed by atoms with E-state index in [1.165, 1.54) is 22.2 Å². The number of ether oxygens (including phenoxy) is 1. The highest BCUT2D eigenvalue weighted by atomic mass is 32.1. The first-order valence-corrected chi connectivity index (χ1v) is 11.8. The zero-order chi connectivity index (χ0) is 24.1. The summed E-state index contributed by atoms with van der Waals surface area (Å²) >= 11 is 1.41. The fraction of sp³-hybridized carbons (Fsp3) is 0.231. The van der Waals surface area contributed by atoms with Gasteiger partial charge in [0, 0.05) is 16.5 Å². The third kappa shape index (κ3) is 3.60. The van der Waals surface area contributed by atoms with Crippen molar-refractivity contribution in [2.45, 2.75) is 39.8 Å². The molecule has 0 saturated carbocycles. The summed E-state index contributed by atoms with van der Waals surface area (Å²) in [5.41, 5.74) is 4.58. The number of rotatable bonds is 4. The number of anilines is 1. The fourth-order valence-corrected chi connectivity index (χ4v) is 5.16. The van der Waals surface area contributed by atoms with E-state index in [0.717, 1.165) is 22.3 Å². The Morgan fingerprint density at radius 2 is 1.94 bits per heavy atom. The average Bonchev–Trinajstić information content (AvgIpc) is 3.23. The Hall–Kier alpha value is -3.78. The van der Waals surface area contributed by atoms with Gasteiger partial charge in [0.15, 0.2) is 11.9 Å². The summed E-state index contributed by atoms with van der Waals surface area (Å²) in [6.07, 6.45) is 0.835. The number of Topliss-reactive ketones (excluding diaryl/α,β-unsaturated/α-hetero) is 1. The van der Waals surface area contributed by atoms with Crippen molar-refractivity contribution in [1.29, 1.82) is 0 Å². The number of nitrogens with one attached hydrogen (secondary N) is 1. The molecule has 172 valence electrons. The second-order valence-electron chi connectivity index (χ2n) is 8.61. The van der Waals surface area contributed by atoms with Crippen LogP contribution in [-0.2, 0) is 4.79 Å². The molecule has 0 spiro atoms. The van der Waals surface area contributed by atoms with Crippen LogP contribution in [0.25, 0.3) is 21.3 Å². The number of thiophene rings is 1. The van der Waals surface area contributed by atoms with Crippen LogP contribution in [0, 0.1) is 13.8 Å². The number of nitrogens with zero attached hydrogens (tertiary/aromatic N) is 2. The maximum atomic E-state index is 13.6. The highest BCUT2D eigenvalue weighted by Gasteiger charge is 2.26. The zero-order valence-corrected chi connectivity index (χ0v) is 20.0. The van der Waals surface area contributed by atoms with Crippen molar-refractivity contribution >= 4 is 38.9 Å². The largest absolute Gasteiger partial charge is 0.479 e. The van der Waals surface area contributed by atoms with Crippen LogP contribution < -0.4 is 15.6 Å². The molecule has 2 aromatic heterocycles. The van der Waals surface area contributed by atoms with Crippen LogP contribution in [0.1, 0.15) is 41.4 Å². The Balaban J connectivity index is 1.54. The van der Waals surface area contributed by atoms with Crippen molar-refractivity contribution in [2.75, 3.05) is 5.32 Å². The molecular weight excluding hydrogens is 450 g/mol. The predicted molar refractivity (Wildman–Crippen MR) is 133 cm³/mol. The standard InChI is InChI=1S/C26H23N3O4S/c1-13-5-7-18(14(2)9-13)19-11-34-25-22(19)26(32)29(12-27-25)15(3)23(30)17-6-8-21-20(10-17)28-24(31)16(4)33-21/h5-12,15-16H,1-4H3,(H,28,31). The minimum atomic E-state index is -0.784. The summed E-state index contributed by atoms with van der Waals surface area (Å²) in [5.74, 6) is -0.0254. The lowest BCUT2D eigenvalue weighted by atomic mass is 9.99. The van der Waals surface area contributed by atoms with E-state index >= 15 is 0 Å². The highest BCUT2D eigenvalue weighted by Crippen LogP contribution is 2.34. The molecule has 4 aromatic rings. The fourth-order valence-electron chi connectivity index (χ4n) is 4.27. The molecule has 2 aromatic carbocycles. The van der Waals surface area contributed by atoms with Crippen LogP contribution in [0.2, 0.25) is 0 Å². The summed E-state index contributed by atoms with van der Waals surface area (Å²) in [7, 11) is 0. The second-order valence-corrected chi connectivity index (χ2v) is 9.46. The predicted octanol–water partition coefficient (Wildman–Crippen LogP) is 4.91. The molecule has 3 heterocycles. The lowest BCUT2D eigenvalue weighted by Crippen LogP contribution is -2.34. The summed E-state index contributed by atoms with van der Waals surface area (Å²) in [5, 5.41) is 5.21. The lowest BCUT2D eigenvalue weighted by Gasteiger charge is -2.24. The third-order valence-electron chi connectivity index (χ3n) is 6.18. The molecule has 8 heteroatoms. The molecule has 1 amide bonds. The van der Waals surface area contributed by atoms with E-state index in [-0.39, 0.29) is 17.2 Å². The minimum absolute atomic E-state index is 0.259. The van der Waals surface area contributed by atoms with Gasteiger partial charge in [0.05, 0.1) is 23.4 Å². The minimum Gasteiger partial charge on any atom is -0.479 e. The van der Waals surface area contributed by atoms with Gasteiger partial charge in [0.25, 0.3) is 11.5 Å². The van der Waals surface area contributed by atoms with Gasteiger partial charge in [-0.25, -0.2) is 4.98 Å². The Labute approximate surface area is 200 Å². The van der Waals surface area contributed by atoms with Crippen LogP contribution in [0.5, 0.6) is 5.75 Å². The molecule has 7 nitrogen and oxygen atoms in total. The maximum absolute atomic E-state index is 13.6. The Morgan fingerprint density at radius 3 is 2.71 bits per heavy atom. The van der Waals surface area contributed by atoms with Crippen molar-refractivity contribution in [3.8, 4) is 16.9 Å². The van der Waals surface area contributed by atoms with Gasteiger partial charge in [-0.3, -0.25) is 19.0 Å². The first kappa shape index (κ1) is 22.0. The van der Waals surface area contributed by atoms with E-state index < -0.39 is 12.1 Å². The topological polar surface area (TPSA) is 90.3 Å². The van der Waals surface area contributed by atoms with E-state index in [4.69, 9.17) is 4.74 Å².